The van der Waals surface area contributed by atoms with Crippen molar-refractivity contribution in [1.82, 2.24) is 4.98 Å². The number of thiazole rings is 1. The standard InChI is InChI=1S/C17H18N2OS/c1-11-3-6-14(9-12(11)2)20-10-16-19-17(13-4-5-13)15(21-16)7-8-18/h3,6,9,13H,4-5,7,10H2,1-2H3. The van der Waals surface area contributed by atoms with E-state index in [1.54, 1.807) is 11.3 Å². The molecule has 21 heavy (non-hydrogen) atoms. The van der Waals surface area contributed by atoms with Gasteiger partial charge in [0.05, 0.1) is 18.2 Å². The molecule has 0 bridgehead atoms. The number of hydrogen-bond acceptors (Lipinski definition) is 4. The summed E-state index contributed by atoms with van der Waals surface area (Å²) in [5.74, 6) is 1.46. The first-order chi connectivity index (χ1) is 10.2. The molecule has 108 valence electrons. The molecule has 1 aliphatic rings. The Bertz CT molecular complexity index is 695. The SMILES string of the molecule is Cc1ccc(OCc2nc(C3CC3)c(CC#N)s2)cc1C. The lowest BCUT2D eigenvalue weighted by molar-refractivity contribution is 0.305. The van der Waals surface area contributed by atoms with Crippen molar-refractivity contribution in [2.75, 3.05) is 0 Å². The van der Waals surface area contributed by atoms with Crippen molar-refractivity contribution in [2.24, 2.45) is 0 Å². The maximum absolute atomic E-state index is 8.92. The number of ether oxygens (including phenoxy) is 1. The summed E-state index contributed by atoms with van der Waals surface area (Å²) in [4.78, 5) is 5.81. The van der Waals surface area contributed by atoms with E-state index < -0.39 is 0 Å². The number of benzene rings is 1. The lowest BCUT2D eigenvalue weighted by Gasteiger charge is -2.06. The van der Waals surface area contributed by atoms with Gasteiger partial charge in [-0.3, -0.25) is 0 Å². The molecule has 0 aliphatic heterocycles. The van der Waals surface area contributed by atoms with Gasteiger partial charge in [-0.25, -0.2) is 4.98 Å². The smallest absolute Gasteiger partial charge is 0.140 e. The molecule has 1 aliphatic carbocycles. The molecule has 1 aromatic heterocycles. The zero-order valence-electron chi connectivity index (χ0n) is 12.3. The lowest BCUT2D eigenvalue weighted by atomic mass is 10.1. The van der Waals surface area contributed by atoms with Gasteiger partial charge in [0.2, 0.25) is 0 Å². The Morgan fingerprint density at radius 1 is 1.33 bits per heavy atom. The molecule has 0 N–H and O–H groups in total. The highest BCUT2D eigenvalue weighted by Gasteiger charge is 2.29. The van der Waals surface area contributed by atoms with Gasteiger partial charge in [0, 0.05) is 10.8 Å². The zero-order valence-corrected chi connectivity index (χ0v) is 13.2. The van der Waals surface area contributed by atoms with Crippen molar-refractivity contribution < 1.29 is 4.74 Å². The van der Waals surface area contributed by atoms with Crippen LogP contribution in [-0.4, -0.2) is 4.98 Å². The minimum Gasteiger partial charge on any atom is -0.486 e. The van der Waals surface area contributed by atoms with E-state index >= 15 is 0 Å². The summed E-state index contributed by atoms with van der Waals surface area (Å²) < 4.78 is 5.84. The summed E-state index contributed by atoms with van der Waals surface area (Å²) in [5, 5.41) is 9.89. The first-order valence-electron chi connectivity index (χ1n) is 7.23. The fourth-order valence-corrected chi connectivity index (χ4v) is 3.30. The Labute approximate surface area is 129 Å². The van der Waals surface area contributed by atoms with Crippen LogP contribution in [0.2, 0.25) is 0 Å². The molecule has 3 nitrogen and oxygen atoms in total. The van der Waals surface area contributed by atoms with E-state index in [4.69, 9.17) is 10.00 Å². The number of aryl methyl sites for hydroxylation is 2. The summed E-state index contributed by atoms with van der Waals surface area (Å²) in [7, 11) is 0. The highest BCUT2D eigenvalue weighted by Crippen LogP contribution is 2.42. The van der Waals surface area contributed by atoms with Crippen LogP contribution < -0.4 is 4.74 Å². The molecule has 1 aromatic carbocycles. The van der Waals surface area contributed by atoms with Gasteiger partial charge in [0.15, 0.2) is 0 Å². The minimum atomic E-state index is 0.465. The first-order valence-corrected chi connectivity index (χ1v) is 8.04. The fourth-order valence-electron chi connectivity index (χ4n) is 2.30. The van der Waals surface area contributed by atoms with E-state index in [1.165, 1.54) is 24.0 Å². The van der Waals surface area contributed by atoms with Crippen molar-refractivity contribution in [3.05, 3.63) is 44.9 Å². The molecule has 2 aromatic rings. The van der Waals surface area contributed by atoms with Crippen LogP contribution in [0.4, 0.5) is 0 Å². The van der Waals surface area contributed by atoms with Crippen LogP contribution in [0.1, 0.15) is 45.5 Å². The van der Waals surface area contributed by atoms with Crippen molar-refractivity contribution in [3.8, 4) is 11.8 Å². The average molecular weight is 298 g/mol. The summed E-state index contributed by atoms with van der Waals surface area (Å²) in [6.45, 7) is 4.66. The molecule has 1 saturated carbocycles. The van der Waals surface area contributed by atoms with E-state index in [9.17, 15) is 0 Å². The van der Waals surface area contributed by atoms with Crippen LogP contribution in [0.5, 0.6) is 5.75 Å². The van der Waals surface area contributed by atoms with Crippen molar-refractivity contribution >= 4 is 11.3 Å². The Hall–Kier alpha value is -1.86. The van der Waals surface area contributed by atoms with Crippen LogP contribution in [0, 0.1) is 25.2 Å². The van der Waals surface area contributed by atoms with Crippen LogP contribution in [0.15, 0.2) is 18.2 Å². The second-order valence-corrected chi connectivity index (χ2v) is 6.73. The third-order valence-electron chi connectivity index (χ3n) is 3.82. The number of nitrogens with zero attached hydrogens (tertiary/aromatic N) is 2. The average Bonchev–Trinajstić information content (AvgIpc) is 3.23. The predicted octanol–water partition coefficient (Wildman–Crippen LogP) is 4.28. The van der Waals surface area contributed by atoms with E-state index in [0.717, 1.165) is 21.3 Å². The molecular weight excluding hydrogens is 280 g/mol. The molecule has 0 amide bonds. The van der Waals surface area contributed by atoms with Gasteiger partial charge < -0.3 is 4.74 Å². The maximum atomic E-state index is 8.92. The molecule has 0 saturated heterocycles. The van der Waals surface area contributed by atoms with E-state index in [1.807, 2.05) is 6.07 Å². The third kappa shape index (κ3) is 3.25. The highest BCUT2D eigenvalue weighted by atomic mass is 32.1. The molecular formula is C17H18N2OS. The number of rotatable bonds is 5. The molecule has 0 spiro atoms. The van der Waals surface area contributed by atoms with Crippen LogP contribution in [0.25, 0.3) is 0 Å². The summed E-state index contributed by atoms with van der Waals surface area (Å²) >= 11 is 1.62. The molecule has 0 unspecified atom stereocenters. The van der Waals surface area contributed by atoms with E-state index in [2.05, 4.69) is 37.0 Å². The van der Waals surface area contributed by atoms with E-state index in [0.29, 0.717) is 18.9 Å². The minimum absolute atomic E-state index is 0.465. The van der Waals surface area contributed by atoms with Crippen LogP contribution >= 0.6 is 11.3 Å². The lowest BCUT2D eigenvalue weighted by Crippen LogP contribution is -1.96. The van der Waals surface area contributed by atoms with Crippen LogP contribution in [0.3, 0.4) is 0 Å². The molecule has 3 rings (SSSR count). The predicted molar refractivity (Wildman–Crippen MR) is 83.7 cm³/mol. The number of aromatic nitrogens is 1. The Kier molecular flexibility index (Phi) is 3.94. The van der Waals surface area contributed by atoms with Gasteiger partial charge in [-0.05, 0) is 49.9 Å². The molecule has 1 fully saturated rings. The largest absolute Gasteiger partial charge is 0.486 e. The fraction of sp³-hybridized carbons (Fsp3) is 0.412. The number of nitriles is 1. The van der Waals surface area contributed by atoms with Gasteiger partial charge in [0.25, 0.3) is 0 Å². The molecule has 0 radical (unpaired) electrons. The summed E-state index contributed by atoms with van der Waals surface area (Å²) in [5.41, 5.74) is 3.64. The summed E-state index contributed by atoms with van der Waals surface area (Å²) in [6, 6.07) is 8.36. The first kappa shape index (κ1) is 14.1. The van der Waals surface area contributed by atoms with Crippen molar-refractivity contribution in [1.29, 1.82) is 5.26 Å². The van der Waals surface area contributed by atoms with Gasteiger partial charge in [0.1, 0.15) is 17.4 Å². The Morgan fingerprint density at radius 2 is 2.14 bits per heavy atom. The quantitative estimate of drug-likeness (QED) is 0.827. The van der Waals surface area contributed by atoms with Crippen molar-refractivity contribution in [2.45, 2.75) is 45.6 Å². The van der Waals surface area contributed by atoms with Gasteiger partial charge in [-0.1, -0.05) is 6.07 Å². The number of hydrogen-bond donors (Lipinski definition) is 0. The highest BCUT2D eigenvalue weighted by molar-refractivity contribution is 7.11. The third-order valence-corrected chi connectivity index (χ3v) is 4.86. The molecule has 0 atom stereocenters. The van der Waals surface area contributed by atoms with Gasteiger partial charge in [-0.15, -0.1) is 11.3 Å². The topological polar surface area (TPSA) is 45.9 Å². The summed E-state index contributed by atoms with van der Waals surface area (Å²) in [6.07, 6.45) is 2.88. The zero-order chi connectivity index (χ0) is 14.8. The maximum Gasteiger partial charge on any atom is 0.140 e. The normalized spacial score (nSPS) is 14.0. The van der Waals surface area contributed by atoms with Gasteiger partial charge in [-0.2, -0.15) is 5.26 Å². The van der Waals surface area contributed by atoms with Crippen molar-refractivity contribution in [3.63, 3.8) is 0 Å². The monoisotopic (exact) mass is 298 g/mol. The van der Waals surface area contributed by atoms with Gasteiger partial charge >= 0.3 is 0 Å². The second-order valence-electron chi connectivity index (χ2n) is 5.56. The van der Waals surface area contributed by atoms with E-state index in [-0.39, 0.29) is 0 Å². The Morgan fingerprint density at radius 3 is 2.81 bits per heavy atom. The van der Waals surface area contributed by atoms with Crippen LogP contribution in [-0.2, 0) is 13.0 Å². The molecule has 4 heteroatoms. The second kappa shape index (κ2) is 5.87. The Balaban J connectivity index is 1.71. The molecule has 1 heterocycles.